The topological polar surface area (TPSA) is 39.7 Å². The van der Waals surface area contributed by atoms with Crippen molar-refractivity contribution in [3.8, 4) is 11.5 Å². The average Bonchev–Trinajstić information content (AvgIpc) is 2.81. The average molecular weight is 313 g/mol. The van der Waals surface area contributed by atoms with E-state index < -0.39 is 5.60 Å². The van der Waals surface area contributed by atoms with Crippen LogP contribution in [0.15, 0.2) is 42.5 Å². The number of hydroxylamine groups is 1. The van der Waals surface area contributed by atoms with Gasteiger partial charge in [0.25, 0.3) is 0 Å². The first-order valence-corrected chi connectivity index (χ1v) is 7.81. The Bertz CT molecular complexity index is 701. The summed E-state index contributed by atoms with van der Waals surface area (Å²) in [5.41, 5.74) is 5.80. The van der Waals surface area contributed by atoms with Gasteiger partial charge in [-0.05, 0) is 48.7 Å². The molecule has 0 spiro atoms. The third kappa shape index (κ3) is 2.92. The van der Waals surface area contributed by atoms with Crippen LogP contribution in [0, 0.1) is 6.92 Å². The molecule has 2 aromatic rings. The smallest absolute Gasteiger partial charge is 0.155 e. The SMILES string of the molecule is CNO[C@@]1(C)Cc2cc(OC)ccc2[C@@H]1Oc1ccccc1C. The second-order valence-corrected chi connectivity index (χ2v) is 6.12. The van der Waals surface area contributed by atoms with Crippen LogP contribution >= 0.6 is 0 Å². The molecule has 0 bridgehead atoms. The van der Waals surface area contributed by atoms with Gasteiger partial charge in [-0.3, -0.25) is 4.84 Å². The zero-order valence-corrected chi connectivity index (χ0v) is 14.1. The molecule has 4 nitrogen and oxygen atoms in total. The van der Waals surface area contributed by atoms with E-state index in [1.807, 2.05) is 24.3 Å². The van der Waals surface area contributed by atoms with Crippen LogP contribution in [0.3, 0.4) is 0 Å². The molecule has 2 aromatic carbocycles. The molecule has 1 aliphatic rings. The maximum absolute atomic E-state index is 6.37. The highest BCUT2D eigenvalue weighted by molar-refractivity contribution is 5.44. The van der Waals surface area contributed by atoms with Crippen LogP contribution in [-0.4, -0.2) is 19.8 Å². The molecule has 3 rings (SSSR count). The molecule has 0 fully saturated rings. The fourth-order valence-corrected chi connectivity index (χ4v) is 3.24. The van der Waals surface area contributed by atoms with Gasteiger partial charge in [-0.25, -0.2) is 5.48 Å². The van der Waals surface area contributed by atoms with Crippen molar-refractivity contribution in [1.82, 2.24) is 5.48 Å². The summed E-state index contributed by atoms with van der Waals surface area (Å²) in [6.45, 7) is 4.12. The van der Waals surface area contributed by atoms with Crippen LogP contribution in [0.25, 0.3) is 0 Å². The lowest BCUT2D eigenvalue weighted by molar-refractivity contribution is -0.135. The number of hydrogen-bond donors (Lipinski definition) is 1. The molecule has 0 heterocycles. The number of para-hydroxylation sites is 1. The van der Waals surface area contributed by atoms with Crippen molar-refractivity contribution in [3.05, 3.63) is 59.2 Å². The largest absolute Gasteiger partial charge is 0.497 e. The van der Waals surface area contributed by atoms with Crippen molar-refractivity contribution >= 4 is 0 Å². The van der Waals surface area contributed by atoms with Gasteiger partial charge in [-0.1, -0.05) is 24.3 Å². The minimum atomic E-state index is -0.480. The number of ether oxygens (including phenoxy) is 2. The van der Waals surface area contributed by atoms with Gasteiger partial charge < -0.3 is 9.47 Å². The van der Waals surface area contributed by atoms with Crippen molar-refractivity contribution in [3.63, 3.8) is 0 Å². The lowest BCUT2D eigenvalue weighted by Crippen LogP contribution is -2.40. The first-order valence-electron chi connectivity index (χ1n) is 7.81. The minimum absolute atomic E-state index is 0.183. The van der Waals surface area contributed by atoms with E-state index in [-0.39, 0.29) is 6.10 Å². The molecule has 2 atom stereocenters. The van der Waals surface area contributed by atoms with Gasteiger partial charge in [-0.2, -0.15) is 0 Å². The Hall–Kier alpha value is -2.04. The molecule has 0 aromatic heterocycles. The third-order valence-corrected chi connectivity index (χ3v) is 4.40. The molecule has 0 aliphatic heterocycles. The number of aryl methyl sites for hydroxylation is 1. The molecular weight excluding hydrogens is 290 g/mol. The Morgan fingerprint density at radius 2 is 1.96 bits per heavy atom. The quantitative estimate of drug-likeness (QED) is 0.856. The summed E-state index contributed by atoms with van der Waals surface area (Å²) in [5, 5.41) is 0. The van der Waals surface area contributed by atoms with E-state index in [2.05, 4.69) is 37.5 Å². The van der Waals surface area contributed by atoms with E-state index in [9.17, 15) is 0 Å². The van der Waals surface area contributed by atoms with E-state index in [0.717, 1.165) is 29.0 Å². The molecular formula is C19H23NO3. The zero-order valence-electron chi connectivity index (χ0n) is 14.1. The maximum Gasteiger partial charge on any atom is 0.155 e. The van der Waals surface area contributed by atoms with E-state index in [1.165, 1.54) is 5.56 Å². The number of hydrogen-bond acceptors (Lipinski definition) is 4. The Labute approximate surface area is 137 Å². The van der Waals surface area contributed by atoms with Gasteiger partial charge in [0.2, 0.25) is 0 Å². The summed E-state index contributed by atoms with van der Waals surface area (Å²) in [5.74, 6) is 1.74. The lowest BCUT2D eigenvalue weighted by atomic mass is 10.00. The molecule has 0 amide bonds. The Morgan fingerprint density at radius 1 is 1.17 bits per heavy atom. The minimum Gasteiger partial charge on any atom is -0.497 e. The van der Waals surface area contributed by atoms with Gasteiger partial charge in [0, 0.05) is 13.5 Å². The van der Waals surface area contributed by atoms with Crippen LogP contribution in [0.2, 0.25) is 0 Å². The van der Waals surface area contributed by atoms with Crippen molar-refractivity contribution < 1.29 is 14.3 Å². The van der Waals surface area contributed by atoms with Gasteiger partial charge in [0.05, 0.1) is 7.11 Å². The predicted molar refractivity (Wildman–Crippen MR) is 89.8 cm³/mol. The second-order valence-electron chi connectivity index (χ2n) is 6.12. The van der Waals surface area contributed by atoms with E-state index in [1.54, 1.807) is 14.2 Å². The molecule has 122 valence electrons. The molecule has 1 aliphatic carbocycles. The molecule has 0 saturated carbocycles. The normalized spacial score (nSPS) is 22.7. The van der Waals surface area contributed by atoms with Crippen LogP contribution in [0.1, 0.15) is 29.7 Å². The predicted octanol–water partition coefficient (Wildman–Crippen LogP) is 3.59. The monoisotopic (exact) mass is 313 g/mol. The van der Waals surface area contributed by atoms with Crippen LogP contribution in [0.4, 0.5) is 0 Å². The van der Waals surface area contributed by atoms with Crippen LogP contribution < -0.4 is 15.0 Å². The summed E-state index contributed by atoms with van der Waals surface area (Å²) in [6, 6.07) is 14.2. The Kier molecular flexibility index (Phi) is 4.28. The first kappa shape index (κ1) is 15.8. The number of nitrogens with one attached hydrogen (secondary N) is 1. The second kappa shape index (κ2) is 6.22. The summed E-state index contributed by atoms with van der Waals surface area (Å²) >= 11 is 0. The standard InChI is InChI=1S/C19H23NO3/c1-13-7-5-6-8-17(13)22-18-16-10-9-15(21-4)11-14(16)12-19(18,2)23-20-3/h5-11,18,20H,12H2,1-4H3/t18-,19-/m0/s1. The highest BCUT2D eigenvalue weighted by atomic mass is 16.7. The number of rotatable bonds is 5. The van der Waals surface area contributed by atoms with Gasteiger partial charge in [0.1, 0.15) is 17.1 Å². The molecule has 0 saturated heterocycles. The van der Waals surface area contributed by atoms with Crippen molar-refractivity contribution in [2.24, 2.45) is 0 Å². The summed E-state index contributed by atoms with van der Waals surface area (Å²) in [6.07, 6.45) is 0.577. The Balaban J connectivity index is 1.99. The molecule has 0 unspecified atom stereocenters. The van der Waals surface area contributed by atoms with Crippen LogP contribution in [-0.2, 0) is 11.3 Å². The Morgan fingerprint density at radius 3 is 2.65 bits per heavy atom. The summed E-state index contributed by atoms with van der Waals surface area (Å²) < 4.78 is 11.7. The molecule has 1 N–H and O–H groups in total. The zero-order chi connectivity index (χ0) is 16.4. The maximum atomic E-state index is 6.37. The van der Waals surface area contributed by atoms with Crippen molar-refractivity contribution in [2.75, 3.05) is 14.2 Å². The third-order valence-electron chi connectivity index (χ3n) is 4.40. The lowest BCUT2D eigenvalue weighted by Gasteiger charge is -2.31. The highest BCUT2D eigenvalue weighted by Gasteiger charge is 2.46. The van der Waals surface area contributed by atoms with E-state index in [4.69, 9.17) is 14.3 Å². The summed E-state index contributed by atoms with van der Waals surface area (Å²) in [4.78, 5) is 5.86. The fraction of sp³-hybridized carbons (Fsp3) is 0.368. The molecule has 0 radical (unpaired) electrons. The fourth-order valence-electron chi connectivity index (χ4n) is 3.24. The summed E-state index contributed by atoms with van der Waals surface area (Å²) in [7, 11) is 3.46. The van der Waals surface area contributed by atoms with Crippen LogP contribution in [0.5, 0.6) is 11.5 Å². The number of fused-ring (bicyclic) bond motifs is 1. The molecule has 23 heavy (non-hydrogen) atoms. The van der Waals surface area contributed by atoms with Crippen molar-refractivity contribution in [1.29, 1.82) is 0 Å². The highest BCUT2D eigenvalue weighted by Crippen LogP contribution is 2.45. The number of benzene rings is 2. The van der Waals surface area contributed by atoms with Gasteiger partial charge >= 0.3 is 0 Å². The van der Waals surface area contributed by atoms with E-state index >= 15 is 0 Å². The number of methoxy groups -OCH3 is 1. The van der Waals surface area contributed by atoms with Gasteiger partial charge in [0.15, 0.2) is 6.10 Å². The van der Waals surface area contributed by atoms with E-state index in [0.29, 0.717) is 0 Å². The molecule has 4 heteroatoms. The van der Waals surface area contributed by atoms with Gasteiger partial charge in [-0.15, -0.1) is 0 Å². The van der Waals surface area contributed by atoms with Crippen molar-refractivity contribution in [2.45, 2.75) is 32.0 Å². The first-order chi connectivity index (χ1) is 11.1.